The highest BCUT2D eigenvalue weighted by Gasteiger charge is 2.43. The highest BCUT2D eigenvalue weighted by atomic mass is 32.2. The number of pyridine rings is 1. The number of aromatic nitrogens is 1. The molecular weight excluding hydrogens is 276 g/mol. The van der Waals surface area contributed by atoms with Gasteiger partial charge in [-0.2, -0.15) is 0 Å². The van der Waals surface area contributed by atoms with Crippen LogP contribution in [0.2, 0.25) is 0 Å². The van der Waals surface area contributed by atoms with Crippen molar-refractivity contribution in [2.75, 3.05) is 18.1 Å². The van der Waals surface area contributed by atoms with Gasteiger partial charge in [0.1, 0.15) is 5.82 Å². The Bertz CT molecular complexity index is 578. The molecule has 1 saturated carbocycles. The molecule has 7 heteroatoms. The van der Waals surface area contributed by atoms with Crippen LogP contribution < -0.4 is 11.1 Å². The lowest BCUT2D eigenvalue weighted by Gasteiger charge is -2.24. The molecule has 0 unspecified atom stereocenters. The highest BCUT2D eigenvalue weighted by Crippen LogP contribution is 2.36. The maximum absolute atomic E-state index is 12.0. The van der Waals surface area contributed by atoms with Crippen LogP contribution >= 0.6 is 0 Å². The number of nitrogens with one attached hydrogen (secondary N) is 1. The van der Waals surface area contributed by atoms with Crippen molar-refractivity contribution in [1.82, 2.24) is 4.98 Å². The summed E-state index contributed by atoms with van der Waals surface area (Å²) in [7, 11) is -3.14. The number of guanidine groups is 1. The van der Waals surface area contributed by atoms with E-state index in [4.69, 9.17) is 5.73 Å². The molecule has 3 N–H and O–H groups in total. The number of nitrogens with zero attached hydrogens (tertiary/aromatic N) is 2. The summed E-state index contributed by atoms with van der Waals surface area (Å²) in [5, 5.41) is 2.86. The van der Waals surface area contributed by atoms with Gasteiger partial charge < -0.3 is 11.1 Å². The molecule has 1 aliphatic carbocycles. The number of anilines is 1. The molecule has 0 bridgehead atoms. The molecule has 6 nitrogen and oxygen atoms in total. The number of nitrogens with two attached hydrogens (primary N) is 1. The fourth-order valence-corrected chi connectivity index (χ4v) is 3.83. The monoisotopic (exact) mass is 296 g/mol. The van der Waals surface area contributed by atoms with E-state index in [1.165, 1.54) is 6.26 Å². The molecule has 0 aromatic carbocycles. The molecule has 1 aliphatic rings. The summed E-state index contributed by atoms with van der Waals surface area (Å²) in [4.78, 5) is 8.28. The molecule has 0 saturated heterocycles. The standard InChI is InChI=1S/C13H20N4O2S/c1-20(18,19)13(7-3-4-8-13)10-16-12(14)17-11-6-2-5-9-15-11/h2,5-6,9H,3-4,7-8,10H2,1H3,(H3,14,15,16,17). The predicted molar refractivity (Wildman–Crippen MR) is 80.4 cm³/mol. The topological polar surface area (TPSA) is 97.4 Å². The molecular formula is C13H20N4O2S. The van der Waals surface area contributed by atoms with E-state index in [0.717, 1.165) is 12.8 Å². The van der Waals surface area contributed by atoms with E-state index < -0.39 is 14.6 Å². The van der Waals surface area contributed by atoms with Crippen LogP contribution in [0.1, 0.15) is 25.7 Å². The zero-order valence-corrected chi connectivity index (χ0v) is 12.4. The summed E-state index contributed by atoms with van der Waals surface area (Å²) < 4.78 is 23.2. The number of rotatable bonds is 4. The molecule has 110 valence electrons. The van der Waals surface area contributed by atoms with Gasteiger partial charge in [-0.3, -0.25) is 4.99 Å². The first-order valence-corrected chi connectivity index (χ1v) is 8.50. The van der Waals surface area contributed by atoms with Crippen molar-refractivity contribution in [3.05, 3.63) is 24.4 Å². The van der Waals surface area contributed by atoms with E-state index in [9.17, 15) is 8.42 Å². The maximum Gasteiger partial charge on any atom is 0.194 e. The smallest absolute Gasteiger partial charge is 0.194 e. The largest absolute Gasteiger partial charge is 0.370 e. The molecule has 1 aromatic heterocycles. The predicted octanol–water partition coefficient (Wildman–Crippen LogP) is 1.17. The van der Waals surface area contributed by atoms with Gasteiger partial charge >= 0.3 is 0 Å². The van der Waals surface area contributed by atoms with Crippen molar-refractivity contribution in [3.63, 3.8) is 0 Å². The Hall–Kier alpha value is -1.63. The van der Waals surface area contributed by atoms with Crippen LogP contribution in [-0.2, 0) is 9.84 Å². The van der Waals surface area contributed by atoms with E-state index in [1.54, 1.807) is 18.3 Å². The van der Waals surface area contributed by atoms with E-state index in [0.29, 0.717) is 18.7 Å². The summed E-state index contributed by atoms with van der Waals surface area (Å²) in [5.41, 5.74) is 5.79. The third-order valence-corrected chi connectivity index (χ3v) is 5.87. The van der Waals surface area contributed by atoms with Gasteiger partial charge in [0, 0.05) is 12.5 Å². The second kappa shape index (κ2) is 5.78. The van der Waals surface area contributed by atoms with Gasteiger partial charge in [-0.25, -0.2) is 13.4 Å². The molecule has 0 radical (unpaired) electrons. The fourth-order valence-electron chi connectivity index (χ4n) is 2.50. The van der Waals surface area contributed by atoms with E-state index in [2.05, 4.69) is 15.3 Å². The van der Waals surface area contributed by atoms with Gasteiger partial charge in [0.2, 0.25) is 0 Å². The second-order valence-electron chi connectivity index (χ2n) is 5.20. The Morgan fingerprint density at radius 1 is 1.45 bits per heavy atom. The Morgan fingerprint density at radius 2 is 2.15 bits per heavy atom. The molecule has 0 amide bonds. The van der Waals surface area contributed by atoms with E-state index in [1.807, 2.05) is 6.07 Å². The molecule has 20 heavy (non-hydrogen) atoms. The van der Waals surface area contributed by atoms with Crippen molar-refractivity contribution >= 4 is 21.6 Å². The van der Waals surface area contributed by atoms with Crippen LogP contribution in [0.25, 0.3) is 0 Å². The highest BCUT2D eigenvalue weighted by molar-refractivity contribution is 7.92. The van der Waals surface area contributed by atoms with Crippen LogP contribution in [0.4, 0.5) is 5.82 Å². The number of sulfone groups is 1. The van der Waals surface area contributed by atoms with Crippen LogP contribution in [-0.4, -0.2) is 36.9 Å². The van der Waals surface area contributed by atoms with Crippen LogP contribution in [0, 0.1) is 0 Å². The van der Waals surface area contributed by atoms with Crippen LogP contribution in [0.5, 0.6) is 0 Å². The summed E-state index contributed by atoms with van der Waals surface area (Å²) in [5.74, 6) is 0.784. The lowest BCUT2D eigenvalue weighted by atomic mass is 10.1. The first-order valence-electron chi connectivity index (χ1n) is 6.61. The molecule has 0 spiro atoms. The van der Waals surface area contributed by atoms with Gasteiger partial charge in [0.15, 0.2) is 15.8 Å². The summed E-state index contributed by atoms with van der Waals surface area (Å²) in [6.07, 6.45) is 6.10. The van der Waals surface area contributed by atoms with E-state index in [-0.39, 0.29) is 12.5 Å². The first kappa shape index (κ1) is 14.8. The number of aliphatic imine (C=N–C) groups is 1. The Morgan fingerprint density at radius 3 is 2.70 bits per heavy atom. The SMILES string of the molecule is CS(=O)(=O)C1(CN=C(N)Nc2ccccn2)CCCC1. The molecule has 1 heterocycles. The van der Waals surface area contributed by atoms with Crippen molar-refractivity contribution in [3.8, 4) is 0 Å². The minimum absolute atomic E-state index is 0.193. The lowest BCUT2D eigenvalue weighted by Crippen LogP contribution is -2.39. The second-order valence-corrected chi connectivity index (χ2v) is 7.61. The minimum atomic E-state index is -3.14. The van der Waals surface area contributed by atoms with Gasteiger partial charge in [-0.15, -0.1) is 0 Å². The van der Waals surface area contributed by atoms with Crippen LogP contribution in [0.3, 0.4) is 0 Å². The van der Waals surface area contributed by atoms with Crippen molar-refractivity contribution in [1.29, 1.82) is 0 Å². The molecule has 0 atom stereocenters. The fraction of sp³-hybridized carbons (Fsp3) is 0.538. The summed E-state index contributed by atoms with van der Waals surface area (Å²) in [6.45, 7) is 0.206. The molecule has 0 aliphatic heterocycles. The molecule has 1 aromatic rings. The normalized spacial score (nSPS) is 18.9. The Kier molecular flexibility index (Phi) is 4.27. The lowest BCUT2D eigenvalue weighted by molar-refractivity contribution is 0.521. The van der Waals surface area contributed by atoms with Gasteiger partial charge in [0.05, 0.1) is 11.3 Å². The number of hydrogen-bond acceptors (Lipinski definition) is 4. The molecule has 2 rings (SSSR count). The van der Waals surface area contributed by atoms with Crippen molar-refractivity contribution in [2.24, 2.45) is 10.7 Å². The minimum Gasteiger partial charge on any atom is -0.370 e. The quantitative estimate of drug-likeness (QED) is 0.642. The average Bonchev–Trinajstić information content (AvgIpc) is 2.87. The van der Waals surface area contributed by atoms with Gasteiger partial charge in [-0.1, -0.05) is 18.9 Å². The van der Waals surface area contributed by atoms with Crippen molar-refractivity contribution < 1.29 is 8.42 Å². The third kappa shape index (κ3) is 3.27. The summed E-state index contributed by atoms with van der Waals surface area (Å²) >= 11 is 0. The number of hydrogen-bond donors (Lipinski definition) is 2. The van der Waals surface area contributed by atoms with E-state index >= 15 is 0 Å². The zero-order valence-electron chi connectivity index (χ0n) is 11.5. The first-order chi connectivity index (χ1) is 9.43. The Labute approximate surface area is 119 Å². The van der Waals surface area contributed by atoms with Gasteiger partial charge in [-0.05, 0) is 25.0 Å². The van der Waals surface area contributed by atoms with Gasteiger partial charge in [0.25, 0.3) is 0 Å². The Balaban J connectivity index is 2.07. The molecule has 1 fully saturated rings. The third-order valence-electron chi connectivity index (χ3n) is 3.76. The maximum atomic E-state index is 12.0. The average molecular weight is 296 g/mol. The summed E-state index contributed by atoms with van der Waals surface area (Å²) in [6, 6.07) is 5.40. The van der Waals surface area contributed by atoms with Crippen molar-refractivity contribution in [2.45, 2.75) is 30.4 Å². The zero-order chi connectivity index (χ0) is 14.6. The van der Waals surface area contributed by atoms with Crippen LogP contribution in [0.15, 0.2) is 29.4 Å².